The number of nitrogens with zero attached hydrogens (tertiary/aromatic N) is 4. The first kappa shape index (κ1) is 23.9. The van der Waals surface area contributed by atoms with E-state index in [2.05, 4.69) is 33.3 Å². The number of halogens is 1. The van der Waals surface area contributed by atoms with Crippen molar-refractivity contribution in [2.24, 2.45) is 11.3 Å². The van der Waals surface area contributed by atoms with E-state index in [4.69, 9.17) is 9.47 Å². The highest BCUT2D eigenvalue weighted by atomic mass is 19.1. The third kappa shape index (κ3) is 6.13. The Balaban J connectivity index is 1.73. The first-order valence-electron chi connectivity index (χ1n) is 11.3. The lowest BCUT2D eigenvalue weighted by atomic mass is 9.84. The maximum Gasteiger partial charge on any atom is 0.223 e. The third-order valence-corrected chi connectivity index (χ3v) is 6.28. The van der Waals surface area contributed by atoms with Crippen molar-refractivity contribution < 1.29 is 13.9 Å². The van der Waals surface area contributed by atoms with Crippen LogP contribution in [0.25, 0.3) is 11.4 Å². The second-order valence-corrected chi connectivity index (χ2v) is 8.65. The molecule has 3 rings (SSSR count). The molecule has 1 aliphatic rings. The van der Waals surface area contributed by atoms with Crippen molar-refractivity contribution in [3.05, 3.63) is 30.3 Å². The normalized spacial score (nSPS) is 20.2. The van der Waals surface area contributed by atoms with Crippen LogP contribution in [-0.2, 0) is 4.74 Å². The van der Waals surface area contributed by atoms with Crippen molar-refractivity contribution in [2.45, 2.75) is 58.4 Å². The van der Waals surface area contributed by atoms with Crippen LogP contribution in [0.3, 0.4) is 0 Å². The Morgan fingerprint density at radius 2 is 2.06 bits per heavy atom. The van der Waals surface area contributed by atoms with E-state index in [0.717, 1.165) is 18.8 Å². The Morgan fingerprint density at radius 1 is 1.28 bits per heavy atom. The number of rotatable bonds is 10. The van der Waals surface area contributed by atoms with Crippen molar-refractivity contribution in [1.29, 1.82) is 5.26 Å². The molecule has 7 nitrogen and oxygen atoms in total. The Hall–Kier alpha value is -2.79. The van der Waals surface area contributed by atoms with Gasteiger partial charge in [0, 0.05) is 32.0 Å². The molecule has 1 atom stereocenters. The van der Waals surface area contributed by atoms with E-state index in [1.807, 2.05) is 6.92 Å². The highest BCUT2D eigenvalue weighted by Crippen LogP contribution is 2.29. The van der Waals surface area contributed by atoms with Crippen LogP contribution >= 0.6 is 0 Å². The SMILES string of the molecule is CCC(C#N)(CCOC)COc1ccnc(-c2nc(NC3CCC(C)CC3)ncc2F)c1. The number of anilines is 1. The smallest absolute Gasteiger partial charge is 0.223 e. The topological polar surface area (TPSA) is 93.0 Å². The number of ether oxygens (including phenoxy) is 2. The summed E-state index contributed by atoms with van der Waals surface area (Å²) in [6.45, 7) is 4.92. The Labute approximate surface area is 189 Å². The third-order valence-electron chi connectivity index (χ3n) is 6.28. The lowest BCUT2D eigenvalue weighted by Gasteiger charge is -2.26. The van der Waals surface area contributed by atoms with Gasteiger partial charge in [-0.25, -0.2) is 14.4 Å². The first-order chi connectivity index (χ1) is 15.5. The molecule has 8 heteroatoms. The summed E-state index contributed by atoms with van der Waals surface area (Å²) in [4.78, 5) is 12.8. The molecule has 1 N–H and O–H groups in total. The highest BCUT2D eigenvalue weighted by Gasteiger charge is 2.29. The van der Waals surface area contributed by atoms with Gasteiger partial charge in [-0.05, 0) is 50.5 Å². The molecule has 0 amide bonds. The fourth-order valence-electron chi connectivity index (χ4n) is 3.87. The van der Waals surface area contributed by atoms with Gasteiger partial charge in [-0.1, -0.05) is 13.8 Å². The summed E-state index contributed by atoms with van der Waals surface area (Å²) >= 11 is 0. The summed E-state index contributed by atoms with van der Waals surface area (Å²) in [5.41, 5.74) is -0.161. The molecule has 32 heavy (non-hydrogen) atoms. The zero-order valence-electron chi connectivity index (χ0n) is 19.1. The van der Waals surface area contributed by atoms with E-state index in [0.29, 0.717) is 42.9 Å². The molecule has 0 spiro atoms. The maximum atomic E-state index is 14.5. The number of hydrogen-bond acceptors (Lipinski definition) is 7. The minimum atomic E-state index is -0.645. The lowest BCUT2D eigenvalue weighted by molar-refractivity contribution is 0.120. The van der Waals surface area contributed by atoms with Crippen LogP contribution in [0.15, 0.2) is 24.5 Å². The molecule has 172 valence electrons. The van der Waals surface area contributed by atoms with Gasteiger partial charge in [0.2, 0.25) is 5.95 Å². The molecule has 1 aliphatic carbocycles. The number of aromatic nitrogens is 3. The molecule has 1 unspecified atom stereocenters. The monoisotopic (exact) mass is 441 g/mol. The van der Waals surface area contributed by atoms with Crippen molar-refractivity contribution in [3.8, 4) is 23.2 Å². The number of pyridine rings is 1. The van der Waals surface area contributed by atoms with Crippen LogP contribution in [-0.4, -0.2) is 41.3 Å². The van der Waals surface area contributed by atoms with Crippen LogP contribution in [0.5, 0.6) is 5.75 Å². The van der Waals surface area contributed by atoms with Gasteiger partial charge in [0.1, 0.15) is 18.1 Å². The molecule has 1 saturated carbocycles. The molecule has 1 fully saturated rings. The molecule has 0 aliphatic heterocycles. The molecule has 0 bridgehead atoms. The second kappa shape index (κ2) is 11.2. The fourth-order valence-corrected chi connectivity index (χ4v) is 3.87. The quantitative estimate of drug-likeness (QED) is 0.554. The van der Waals surface area contributed by atoms with E-state index in [1.54, 1.807) is 25.4 Å². The van der Waals surface area contributed by atoms with Gasteiger partial charge in [0.05, 0.1) is 23.4 Å². The molecule has 0 saturated heterocycles. The van der Waals surface area contributed by atoms with Gasteiger partial charge in [0.15, 0.2) is 5.82 Å². The van der Waals surface area contributed by atoms with Crippen molar-refractivity contribution in [3.63, 3.8) is 0 Å². The standard InChI is InChI=1S/C24H32FN5O2/c1-4-24(15-26,10-12-31-3)16-32-19-9-11-27-21(13-19)22-20(25)14-28-23(30-22)29-18-7-5-17(2)6-8-18/h9,11,13-14,17-18H,4-8,10,12,16H2,1-3H3,(H,28,29,30). The van der Waals surface area contributed by atoms with Crippen LogP contribution in [0.4, 0.5) is 10.3 Å². The van der Waals surface area contributed by atoms with Gasteiger partial charge in [-0.15, -0.1) is 0 Å². The van der Waals surface area contributed by atoms with E-state index in [-0.39, 0.29) is 12.3 Å². The van der Waals surface area contributed by atoms with Crippen LogP contribution in [0, 0.1) is 28.5 Å². The van der Waals surface area contributed by atoms with E-state index < -0.39 is 11.2 Å². The first-order valence-corrected chi connectivity index (χ1v) is 11.3. The van der Waals surface area contributed by atoms with Gasteiger partial charge >= 0.3 is 0 Å². The molecule has 0 aromatic carbocycles. The minimum Gasteiger partial charge on any atom is -0.492 e. The molecular formula is C24H32FN5O2. The number of methoxy groups -OCH3 is 1. The summed E-state index contributed by atoms with van der Waals surface area (Å²) in [5, 5.41) is 13.0. The summed E-state index contributed by atoms with van der Waals surface area (Å²) in [5.74, 6) is 1.11. The van der Waals surface area contributed by atoms with Crippen molar-refractivity contribution in [1.82, 2.24) is 15.0 Å². The minimum absolute atomic E-state index is 0.124. The number of nitrogens with one attached hydrogen (secondary N) is 1. The fraction of sp³-hybridized carbons (Fsp3) is 0.583. The van der Waals surface area contributed by atoms with Gasteiger partial charge in [-0.2, -0.15) is 5.26 Å². The van der Waals surface area contributed by atoms with E-state index >= 15 is 0 Å². The largest absolute Gasteiger partial charge is 0.492 e. The maximum absolute atomic E-state index is 14.5. The average molecular weight is 442 g/mol. The molecular weight excluding hydrogens is 409 g/mol. The summed E-state index contributed by atoms with van der Waals surface area (Å²) in [7, 11) is 1.61. The van der Waals surface area contributed by atoms with Crippen molar-refractivity contribution in [2.75, 3.05) is 25.6 Å². The van der Waals surface area contributed by atoms with Crippen molar-refractivity contribution >= 4 is 5.95 Å². The van der Waals surface area contributed by atoms with Gasteiger partial charge < -0.3 is 14.8 Å². The van der Waals surface area contributed by atoms with Crippen LogP contribution < -0.4 is 10.1 Å². The number of nitriles is 1. The van der Waals surface area contributed by atoms with Crippen LogP contribution in [0.1, 0.15) is 52.4 Å². The molecule has 2 heterocycles. The predicted molar refractivity (Wildman–Crippen MR) is 121 cm³/mol. The van der Waals surface area contributed by atoms with Gasteiger partial charge in [0.25, 0.3) is 0 Å². The molecule has 2 aromatic heterocycles. The summed E-state index contributed by atoms with van der Waals surface area (Å²) < 4.78 is 25.6. The predicted octanol–water partition coefficient (Wildman–Crippen LogP) is 5.00. The summed E-state index contributed by atoms with van der Waals surface area (Å²) in [6.07, 6.45) is 8.38. The lowest BCUT2D eigenvalue weighted by Crippen LogP contribution is -2.28. The second-order valence-electron chi connectivity index (χ2n) is 8.65. The molecule has 2 aromatic rings. The Bertz CT molecular complexity index is 927. The van der Waals surface area contributed by atoms with E-state index in [9.17, 15) is 9.65 Å². The Morgan fingerprint density at radius 3 is 2.75 bits per heavy atom. The highest BCUT2D eigenvalue weighted by molar-refractivity contribution is 5.58. The average Bonchev–Trinajstić information content (AvgIpc) is 2.82. The zero-order valence-corrected chi connectivity index (χ0v) is 19.1. The van der Waals surface area contributed by atoms with Gasteiger partial charge in [-0.3, -0.25) is 4.98 Å². The Kier molecular flexibility index (Phi) is 8.34. The number of hydrogen-bond donors (Lipinski definition) is 1. The van der Waals surface area contributed by atoms with E-state index in [1.165, 1.54) is 19.0 Å². The van der Waals surface area contributed by atoms with Crippen LogP contribution in [0.2, 0.25) is 0 Å². The summed E-state index contributed by atoms with van der Waals surface area (Å²) in [6, 6.07) is 6.00. The molecule has 0 radical (unpaired) electrons. The zero-order chi connectivity index (χ0) is 23.0.